The largest absolute Gasteiger partial charge is 0.466 e. The third-order valence-electron chi connectivity index (χ3n) is 3.56. The molecule has 1 heterocycles. The minimum atomic E-state index is -0.0326. The number of rotatable bonds is 3. The molecule has 4 heteroatoms. The molecule has 4 nitrogen and oxygen atoms in total. The minimum Gasteiger partial charge on any atom is -0.466 e. The van der Waals surface area contributed by atoms with Crippen LogP contribution in [0.2, 0.25) is 0 Å². The average molecular weight is 248 g/mol. The van der Waals surface area contributed by atoms with Crippen LogP contribution in [0.25, 0.3) is 0 Å². The Morgan fingerprint density at radius 1 is 1.39 bits per heavy atom. The second kappa shape index (κ2) is 5.94. The molecule has 1 fully saturated rings. The summed E-state index contributed by atoms with van der Waals surface area (Å²) in [5.74, 6) is 1.34. The molecule has 0 radical (unpaired) electrons. The van der Waals surface area contributed by atoms with E-state index in [1.54, 1.807) is 0 Å². The molecule has 98 valence electrons. The maximum atomic E-state index is 11.6. The number of hydrogen-bond acceptors (Lipinski definition) is 4. The van der Waals surface area contributed by atoms with Gasteiger partial charge in [-0.25, -0.2) is 9.97 Å². The van der Waals surface area contributed by atoms with Crippen molar-refractivity contribution >= 4 is 5.97 Å². The first-order valence-corrected chi connectivity index (χ1v) is 6.67. The Balaban J connectivity index is 1.92. The fraction of sp³-hybridized carbons (Fsp3) is 0.643. The SMILES string of the molecule is CCOC(=O)C1CCC(c2ccnc(C)n2)CC1. The lowest BCUT2D eigenvalue weighted by atomic mass is 9.80. The van der Waals surface area contributed by atoms with Gasteiger partial charge in [-0.05, 0) is 45.6 Å². The van der Waals surface area contributed by atoms with Gasteiger partial charge in [-0.3, -0.25) is 4.79 Å². The first-order chi connectivity index (χ1) is 8.70. The van der Waals surface area contributed by atoms with Crippen molar-refractivity contribution in [3.8, 4) is 0 Å². The molecule has 1 aromatic rings. The first-order valence-electron chi connectivity index (χ1n) is 6.67. The highest BCUT2D eigenvalue weighted by Crippen LogP contribution is 2.35. The van der Waals surface area contributed by atoms with Crippen LogP contribution < -0.4 is 0 Å². The molecule has 0 N–H and O–H groups in total. The van der Waals surface area contributed by atoms with E-state index < -0.39 is 0 Å². The van der Waals surface area contributed by atoms with Crippen molar-refractivity contribution in [2.24, 2.45) is 5.92 Å². The van der Waals surface area contributed by atoms with E-state index in [2.05, 4.69) is 9.97 Å². The van der Waals surface area contributed by atoms with E-state index in [0.717, 1.165) is 37.2 Å². The molecule has 0 spiro atoms. The topological polar surface area (TPSA) is 52.1 Å². The number of hydrogen-bond donors (Lipinski definition) is 0. The summed E-state index contributed by atoms with van der Waals surface area (Å²) in [5, 5.41) is 0. The van der Waals surface area contributed by atoms with Crippen LogP contribution in [0, 0.1) is 12.8 Å². The quantitative estimate of drug-likeness (QED) is 0.772. The summed E-state index contributed by atoms with van der Waals surface area (Å²) in [6.07, 6.45) is 5.66. The van der Waals surface area contributed by atoms with Crippen LogP contribution in [0.15, 0.2) is 12.3 Å². The van der Waals surface area contributed by atoms with Crippen LogP contribution >= 0.6 is 0 Å². The van der Waals surface area contributed by atoms with Gasteiger partial charge in [0.15, 0.2) is 0 Å². The fourth-order valence-electron chi connectivity index (χ4n) is 2.59. The van der Waals surface area contributed by atoms with Gasteiger partial charge in [-0.15, -0.1) is 0 Å². The number of ether oxygens (including phenoxy) is 1. The predicted octanol–water partition coefficient (Wildman–Crippen LogP) is 2.62. The maximum absolute atomic E-state index is 11.6. The van der Waals surface area contributed by atoms with Crippen molar-refractivity contribution in [1.29, 1.82) is 0 Å². The lowest BCUT2D eigenvalue weighted by molar-refractivity contribution is -0.149. The lowest BCUT2D eigenvalue weighted by Gasteiger charge is -2.26. The van der Waals surface area contributed by atoms with E-state index >= 15 is 0 Å². The maximum Gasteiger partial charge on any atom is 0.308 e. The second-order valence-corrected chi connectivity index (χ2v) is 4.83. The summed E-state index contributed by atoms with van der Waals surface area (Å²) in [7, 11) is 0. The average Bonchev–Trinajstić information content (AvgIpc) is 2.39. The van der Waals surface area contributed by atoms with Crippen molar-refractivity contribution in [2.75, 3.05) is 6.61 Å². The number of nitrogens with zero attached hydrogens (tertiary/aromatic N) is 2. The highest BCUT2D eigenvalue weighted by Gasteiger charge is 2.28. The standard InChI is InChI=1S/C14H20N2O2/c1-3-18-14(17)12-6-4-11(5-7-12)13-8-9-15-10(2)16-13/h8-9,11-12H,3-7H2,1-2H3. The molecule has 1 aromatic heterocycles. The van der Waals surface area contributed by atoms with Gasteiger partial charge >= 0.3 is 5.97 Å². The molecule has 0 unspecified atom stereocenters. The van der Waals surface area contributed by atoms with Crippen LogP contribution in [0.1, 0.15) is 50.0 Å². The molecule has 0 aromatic carbocycles. The van der Waals surface area contributed by atoms with E-state index in [0.29, 0.717) is 12.5 Å². The van der Waals surface area contributed by atoms with E-state index in [1.807, 2.05) is 26.1 Å². The van der Waals surface area contributed by atoms with Gasteiger partial charge < -0.3 is 4.74 Å². The highest BCUT2D eigenvalue weighted by molar-refractivity contribution is 5.72. The molecule has 1 saturated carbocycles. The van der Waals surface area contributed by atoms with Gasteiger partial charge in [-0.1, -0.05) is 0 Å². The normalized spacial score (nSPS) is 23.7. The molecular weight excluding hydrogens is 228 g/mol. The predicted molar refractivity (Wildman–Crippen MR) is 68.1 cm³/mol. The molecule has 0 bridgehead atoms. The van der Waals surface area contributed by atoms with Crippen LogP contribution in [-0.2, 0) is 9.53 Å². The Labute approximate surface area is 108 Å². The molecule has 18 heavy (non-hydrogen) atoms. The zero-order chi connectivity index (χ0) is 13.0. The van der Waals surface area contributed by atoms with Gasteiger partial charge in [0.05, 0.1) is 12.5 Å². The zero-order valence-electron chi connectivity index (χ0n) is 11.1. The number of esters is 1. The van der Waals surface area contributed by atoms with Crippen LogP contribution in [0.5, 0.6) is 0 Å². The van der Waals surface area contributed by atoms with E-state index in [9.17, 15) is 4.79 Å². The summed E-state index contributed by atoms with van der Waals surface area (Å²) in [6.45, 7) is 4.24. The van der Waals surface area contributed by atoms with Crippen LogP contribution in [0.4, 0.5) is 0 Å². The Kier molecular flexibility index (Phi) is 4.28. The molecule has 0 atom stereocenters. The minimum absolute atomic E-state index is 0.0326. The molecule has 1 aliphatic carbocycles. The smallest absolute Gasteiger partial charge is 0.308 e. The van der Waals surface area contributed by atoms with Crippen LogP contribution in [-0.4, -0.2) is 22.5 Å². The Morgan fingerprint density at radius 3 is 2.72 bits per heavy atom. The number of aryl methyl sites for hydroxylation is 1. The summed E-state index contributed by atoms with van der Waals surface area (Å²) in [5.41, 5.74) is 1.12. The van der Waals surface area contributed by atoms with Gasteiger partial charge in [0, 0.05) is 17.8 Å². The van der Waals surface area contributed by atoms with E-state index in [4.69, 9.17) is 4.74 Å². The van der Waals surface area contributed by atoms with Crippen molar-refractivity contribution in [3.63, 3.8) is 0 Å². The third kappa shape index (κ3) is 3.06. The van der Waals surface area contributed by atoms with Crippen molar-refractivity contribution < 1.29 is 9.53 Å². The van der Waals surface area contributed by atoms with Gasteiger partial charge in [-0.2, -0.15) is 0 Å². The molecular formula is C14H20N2O2. The Bertz CT molecular complexity index is 412. The molecule has 0 aliphatic heterocycles. The van der Waals surface area contributed by atoms with Crippen molar-refractivity contribution in [2.45, 2.75) is 45.4 Å². The zero-order valence-corrected chi connectivity index (χ0v) is 11.1. The summed E-state index contributed by atoms with van der Waals surface area (Å²) in [4.78, 5) is 20.2. The van der Waals surface area contributed by atoms with Gasteiger partial charge in [0.2, 0.25) is 0 Å². The summed E-state index contributed by atoms with van der Waals surface area (Å²) < 4.78 is 5.08. The van der Waals surface area contributed by atoms with Crippen molar-refractivity contribution in [3.05, 3.63) is 23.8 Å². The van der Waals surface area contributed by atoms with E-state index in [1.165, 1.54) is 0 Å². The number of carbonyl (C=O) groups excluding carboxylic acids is 1. The Morgan fingerprint density at radius 2 is 2.11 bits per heavy atom. The second-order valence-electron chi connectivity index (χ2n) is 4.83. The van der Waals surface area contributed by atoms with Crippen molar-refractivity contribution in [1.82, 2.24) is 9.97 Å². The fourth-order valence-corrected chi connectivity index (χ4v) is 2.59. The van der Waals surface area contributed by atoms with Gasteiger partial charge in [0.25, 0.3) is 0 Å². The summed E-state index contributed by atoms with van der Waals surface area (Å²) >= 11 is 0. The molecule has 0 saturated heterocycles. The van der Waals surface area contributed by atoms with E-state index in [-0.39, 0.29) is 11.9 Å². The highest BCUT2D eigenvalue weighted by atomic mass is 16.5. The Hall–Kier alpha value is -1.45. The molecule has 0 amide bonds. The van der Waals surface area contributed by atoms with Gasteiger partial charge in [0.1, 0.15) is 5.82 Å². The number of carbonyl (C=O) groups is 1. The number of aromatic nitrogens is 2. The lowest BCUT2D eigenvalue weighted by Crippen LogP contribution is -2.23. The molecule has 1 aliphatic rings. The summed E-state index contributed by atoms with van der Waals surface area (Å²) in [6, 6.07) is 1.99. The monoisotopic (exact) mass is 248 g/mol. The third-order valence-corrected chi connectivity index (χ3v) is 3.56. The van der Waals surface area contributed by atoms with Crippen LogP contribution in [0.3, 0.4) is 0 Å². The first kappa shape index (κ1) is 13.0. The molecule has 2 rings (SSSR count).